The minimum Gasteiger partial charge on any atom is -0.494 e. The molecule has 29 heavy (non-hydrogen) atoms. The Hall–Kier alpha value is -3.45. The van der Waals surface area contributed by atoms with Crippen LogP contribution in [0.4, 0.5) is 11.5 Å². The smallest absolute Gasteiger partial charge is 0.176 e. The van der Waals surface area contributed by atoms with Crippen LogP contribution >= 0.6 is 12.2 Å². The first-order valence-corrected chi connectivity index (χ1v) is 9.60. The highest BCUT2D eigenvalue weighted by Gasteiger charge is 2.14. The molecular weight excluding hydrogens is 382 g/mol. The summed E-state index contributed by atoms with van der Waals surface area (Å²) in [6.07, 6.45) is 0. The zero-order valence-corrected chi connectivity index (χ0v) is 17.2. The van der Waals surface area contributed by atoms with E-state index in [4.69, 9.17) is 21.9 Å². The molecule has 2 heterocycles. The molecule has 2 aromatic carbocycles. The molecule has 0 bridgehead atoms. The fraction of sp³-hybridized carbons (Fsp3) is 0.136. The van der Waals surface area contributed by atoms with Gasteiger partial charge in [-0.05, 0) is 55.9 Å². The van der Waals surface area contributed by atoms with E-state index in [0.717, 1.165) is 39.4 Å². The van der Waals surface area contributed by atoms with Crippen LogP contribution in [0.2, 0.25) is 0 Å². The maximum absolute atomic E-state index is 5.50. The summed E-state index contributed by atoms with van der Waals surface area (Å²) in [6, 6.07) is 19.6. The number of pyridine rings is 1. The van der Waals surface area contributed by atoms with Crippen LogP contribution in [-0.2, 0) is 0 Å². The number of hydrogen-bond acceptors (Lipinski definition) is 4. The zero-order valence-electron chi connectivity index (χ0n) is 16.4. The first kappa shape index (κ1) is 18.9. The number of benzene rings is 2. The summed E-state index contributed by atoms with van der Waals surface area (Å²) >= 11 is 5.48. The molecule has 146 valence electrons. The third-order valence-corrected chi connectivity index (χ3v) is 4.74. The molecule has 2 N–H and O–H groups in total. The van der Waals surface area contributed by atoms with Crippen molar-refractivity contribution in [3.8, 4) is 11.6 Å². The van der Waals surface area contributed by atoms with E-state index in [2.05, 4.69) is 22.7 Å². The van der Waals surface area contributed by atoms with Crippen LogP contribution in [0.15, 0.2) is 60.7 Å². The highest BCUT2D eigenvalue weighted by molar-refractivity contribution is 7.80. The summed E-state index contributed by atoms with van der Waals surface area (Å²) in [5.74, 6) is 2.15. The van der Waals surface area contributed by atoms with Crippen LogP contribution in [0.1, 0.15) is 11.3 Å². The predicted molar refractivity (Wildman–Crippen MR) is 121 cm³/mol. The fourth-order valence-electron chi connectivity index (χ4n) is 3.21. The number of anilines is 2. The Morgan fingerprint density at radius 2 is 1.79 bits per heavy atom. The number of ether oxygens (including phenoxy) is 1. The van der Waals surface area contributed by atoms with Crippen LogP contribution in [0, 0.1) is 13.8 Å². The van der Waals surface area contributed by atoms with E-state index < -0.39 is 0 Å². The molecule has 0 spiro atoms. The number of aryl methyl sites for hydroxylation is 2. The highest BCUT2D eigenvalue weighted by Crippen LogP contribution is 2.28. The standard InChI is InChI=1S/C22H21N5OS/c1-14-12-19(24-21-17(14)10-7-11-18(21)28-3)27-20(13-15(2)26-27)25-22(29)23-16-8-5-4-6-9-16/h4-13H,1-3H3,(H2,23,25,29). The topological polar surface area (TPSA) is 64.0 Å². The SMILES string of the molecule is COc1cccc2c(C)cc(-n3nc(C)cc3NC(=S)Nc3ccccc3)nc12. The number of methoxy groups -OCH3 is 1. The second-order valence-electron chi connectivity index (χ2n) is 6.68. The normalized spacial score (nSPS) is 10.7. The predicted octanol–water partition coefficient (Wildman–Crippen LogP) is 4.85. The van der Waals surface area contributed by atoms with E-state index in [-0.39, 0.29) is 0 Å². The highest BCUT2D eigenvalue weighted by atomic mass is 32.1. The average molecular weight is 404 g/mol. The monoisotopic (exact) mass is 403 g/mol. The first-order chi connectivity index (χ1) is 14.0. The molecule has 7 heteroatoms. The Balaban J connectivity index is 1.70. The van der Waals surface area contributed by atoms with Gasteiger partial charge in [0.05, 0.1) is 12.8 Å². The molecule has 6 nitrogen and oxygen atoms in total. The lowest BCUT2D eigenvalue weighted by Gasteiger charge is -2.14. The number of nitrogens with zero attached hydrogens (tertiary/aromatic N) is 3. The van der Waals surface area contributed by atoms with Crippen LogP contribution in [0.3, 0.4) is 0 Å². The molecule has 0 aliphatic heterocycles. The second-order valence-corrected chi connectivity index (χ2v) is 7.09. The summed E-state index contributed by atoms with van der Waals surface area (Å²) in [7, 11) is 1.65. The van der Waals surface area contributed by atoms with Crippen molar-refractivity contribution in [2.45, 2.75) is 13.8 Å². The van der Waals surface area contributed by atoms with Gasteiger partial charge in [0.15, 0.2) is 10.9 Å². The van der Waals surface area contributed by atoms with Crippen molar-refractivity contribution >= 4 is 39.7 Å². The summed E-state index contributed by atoms with van der Waals surface area (Å²) in [6.45, 7) is 3.99. The largest absolute Gasteiger partial charge is 0.494 e. The Morgan fingerprint density at radius 3 is 2.55 bits per heavy atom. The average Bonchev–Trinajstić information content (AvgIpc) is 3.08. The molecule has 4 rings (SSSR count). The van der Waals surface area contributed by atoms with Crippen molar-refractivity contribution in [3.63, 3.8) is 0 Å². The van der Waals surface area contributed by atoms with Gasteiger partial charge < -0.3 is 15.4 Å². The lowest BCUT2D eigenvalue weighted by atomic mass is 10.1. The quantitative estimate of drug-likeness (QED) is 0.475. The molecule has 0 unspecified atom stereocenters. The summed E-state index contributed by atoms with van der Waals surface area (Å²) in [4.78, 5) is 4.81. The van der Waals surface area contributed by atoms with Gasteiger partial charge in [-0.25, -0.2) is 4.98 Å². The van der Waals surface area contributed by atoms with Crippen LogP contribution in [0.25, 0.3) is 16.7 Å². The van der Waals surface area contributed by atoms with Crippen molar-refractivity contribution in [2.24, 2.45) is 0 Å². The van der Waals surface area contributed by atoms with Crippen molar-refractivity contribution in [3.05, 3.63) is 71.9 Å². The van der Waals surface area contributed by atoms with Crippen molar-refractivity contribution in [1.29, 1.82) is 0 Å². The Bertz CT molecular complexity index is 1190. The maximum Gasteiger partial charge on any atom is 0.176 e. The third-order valence-electron chi connectivity index (χ3n) is 4.54. The Labute approximate surface area is 174 Å². The van der Waals surface area contributed by atoms with E-state index in [1.54, 1.807) is 11.8 Å². The summed E-state index contributed by atoms with van der Waals surface area (Å²) in [5.41, 5.74) is 3.66. The van der Waals surface area contributed by atoms with Crippen molar-refractivity contribution in [2.75, 3.05) is 17.7 Å². The lowest BCUT2D eigenvalue weighted by Crippen LogP contribution is -2.21. The number of aromatic nitrogens is 3. The van der Waals surface area contributed by atoms with Gasteiger partial charge in [0, 0.05) is 17.1 Å². The number of nitrogens with one attached hydrogen (secondary N) is 2. The van der Waals surface area contributed by atoms with Gasteiger partial charge in [-0.2, -0.15) is 9.78 Å². The van der Waals surface area contributed by atoms with Crippen LogP contribution < -0.4 is 15.4 Å². The molecule has 0 fully saturated rings. The van der Waals surface area contributed by atoms with E-state index in [1.807, 2.05) is 67.6 Å². The van der Waals surface area contributed by atoms with Gasteiger partial charge in [0.2, 0.25) is 0 Å². The molecule has 0 aliphatic rings. The molecule has 4 aromatic rings. The molecule has 2 aromatic heterocycles. The Kier molecular flexibility index (Phi) is 5.14. The minimum absolute atomic E-state index is 0.479. The van der Waals surface area contributed by atoms with Gasteiger partial charge in [0.25, 0.3) is 0 Å². The second kappa shape index (κ2) is 7.89. The van der Waals surface area contributed by atoms with E-state index in [1.165, 1.54) is 0 Å². The van der Waals surface area contributed by atoms with Gasteiger partial charge >= 0.3 is 0 Å². The third kappa shape index (κ3) is 3.90. The molecule has 0 amide bonds. The van der Waals surface area contributed by atoms with E-state index in [9.17, 15) is 0 Å². The Morgan fingerprint density at radius 1 is 1.00 bits per heavy atom. The number of thiocarbonyl (C=S) groups is 1. The zero-order chi connectivity index (χ0) is 20.4. The molecule has 0 atom stereocenters. The van der Waals surface area contributed by atoms with Gasteiger partial charge in [-0.3, -0.25) is 0 Å². The summed E-state index contributed by atoms with van der Waals surface area (Å²) in [5, 5.41) is 12.5. The summed E-state index contributed by atoms with van der Waals surface area (Å²) < 4.78 is 7.26. The maximum atomic E-state index is 5.50. The number of para-hydroxylation sites is 2. The van der Waals surface area contributed by atoms with Gasteiger partial charge in [-0.1, -0.05) is 30.3 Å². The fourth-order valence-corrected chi connectivity index (χ4v) is 3.43. The van der Waals surface area contributed by atoms with Crippen molar-refractivity contribution in [1.82, 2.24) is 14.8 Å². The molecule has 0 radical (unpaired) electrons. The lowest BCUT2D eigenvalue weighted by molar-refractivity contribution is 0.419. The van der Waals surface area contributed by atoms with Crippen LogP contribution in [-0.4, -0.2) is 27.0 Å². The molecule has 0 saturated carbocycles. The van der Waals surface area contributed by atoms with E-state index in [0.29, 0.717) is 10.9 Å². The number of fused-ring (bicyclic) bond motifs is 1. The molecular formula is C22H21N5OS. The van der Waals surface area contributed by atoms with E-state index >= 15 is 0 Å². The van der Waals surface area contributed by atoms with Crippen LogP contribution in [0.5, 0.6) is 5.75 Å². The van der Waals surface area contributed by atoms with Crippen molar-refractivity contribution < 1.29 is 4.74 Å². The first-order valence-electron chi connectivity index (χ1n) is 9.19. The van der Waals surface area contributed by atoms with Gasteiger partial charge in [0.1, 0.15) is 17.1 Å². The molecule has 0 saturated heterocycles. The van der Waals surface area contributed by atoms with Gasteiger partial charge in [-0.15, -0.1) is 0 Å². The molecule has 0 aliphatic carbocycles. The number of hydrogen-bond donors (Lipinski definition) is 2. The minimum atomic E-state index is 0.479. The number of rotatable bonds is 4.